The average molecular weight is 246 g/mol. The fourth-order valence-electron chi connectivity index (χ4n) is 1.38. The highest BCUT2D eigenvalue weighted by molar-refractivity contribution is 5.20. The van der Waals surface area contributed by atoms with Gasteiger partial charge in [0, 0.05) is 37.3 Å². The Bertz CT molecular complexity index is 346. The molecule has 0 aliphatic carbocycles. The van der Waals surface area contributed by atoms with E-state index in [0.717, 1.165) is 13.1 Å². The van der Waals surface area contributed by atoms with Crippen LogP contribution in [0, 0.1) is 17.5 Å². The summed E-state index contributed by atoms with van der Waals surface area (Å²) in [6, 6.07) is 1.39. The average Bonchev–Trinajstić information content (AvgIpc) is 2.26. The molecule has 0 aliphatic heterocycles. The molecule has 0 spiro atoms. The molecule has 1 aromatic carbocycles. The summed E-state index contributed by atoms with van der Waals surface area (Å²) in [5, 5.41) is 2.92. The highest BCUT2D eigenvalue weighted by atomic mass is 19.1. The molecule has 1 N–H and O–H groups in total. The summed E-state index contributed by atoms with van der Waals surface area (Å²) >= 11 is 0. The number of rotatable bonds is 6. The van der Waals surface area contributed by atoms with Crippen molar-refractivity contribution in [3.63, 3.8) is 0 Å². The molecule has 0 saturated heterocycles. The zero-order valence-corrected chi connectivity index (χ0v) is 10.1. The van der Waals surface area contributed by atoms with Crippen molar-refractivity contribution in [2.75, 3.05) is 26.7 Å². The van der Waals surface area contributed by atoms with Crippen LogP contribution < -0.4 is 5.32 Å². The Labute approximate surface area is 99.4 Å². The minimum Gasteiger partial charge on any atom is -0.311 e. The van der Waals surface area contributed by atoms with Crippen LogP contribution in [0.4, 0.5) is 13.2 Å². The predicted molar refractivity (Wildman–Crippen MR) is 61.2 cm³/mol. The van der Waals surface area contributed by atoms with Crippen molar-refractivity contribution < 1.29 is 13.2 Å². The quantitative estimate of drug-likeness (QED) is 0.774. The van der Waals surface area contributed by atoms with Gasteiger partial charge < -0.3 is 10.2 Å². The minimum atomic E-state index is -0.894. The molecule has 0 aliphatic rings. The first-order chi connectivity index (χ1) is 8.04. The van der Waals surface area contributed by atoms with Crippen LogP contribution in [0.5, 0.6) is 0 Å². The number of hydrogen-bond acceptors (Lipinski definition) is 2. The third kappa shape index (κ3) is 4.36. The molecule has 5 heteroatoms. The Morgan fingerprint density at radius 3 is 2.29 bits per heavy atom. The molecule has 17 heavy (non-hydrogen) atoms. The Morgan fingerprint density at radius 1 is 1.18 bits per heavy atom. The second-order valence-corrected chi connectivity index (χ2v) is 3.92. The molecule has 2 nitrogen and oxygen atoms in total. The van der Waals surface area contributed by atoms with Gasteiger partial charge in [-0.1, -0.05) is 6.92 Å². The number of nitrogens with zero attached hydrogens (tertiary/aromatic N) is 1. The third-order valence-electron chi connectivity index (χ3n) is 2.62. The lowest BCUT2D eigenvalue weighted by Crippen LogP contribution is -2.29. The van der Waals surface area contributed by atoms with E-state index in [-0.39, 0.29) is 12.1 Å². The highest BCUT2D eigenvalue weighted by Gasteiger charge is 2.10. The molecule has 0 unspecified atom stereocenters. The van der Waals surface area contributed by atoms with Gasteiger partial charge in [-0.2, -0.15) is 0 Å². The van der Waals surface area contributed by atoms with Crippen molar-refractivity contribution >= 4 is 0 Å². The van der Waals surface area contributed by atoms with Crippen LogP contribution in [0.15, 0.2) is 12.1 Å². The second kappa shape index (κ2) is 6.61. The third-order valence-corrected chi connectivity index (χ3v) is 2.62. The largest absolute Gasteiger partial charge is 0.311 e. The zero-order valence-electron chi connectivity index (χ0n) is 10.1. The molecular formula is C12H17F3N2. The molecule has 0 radical (unpaired) electrons. The Morgan fingerprint density at radius 2 is 1.76 bits per heavy atom. The number of halogens is 3. The first-order valence-electron chi connectivity index (χ1n) is 5.57. The lowest BCUT2D eigenvalue weighted by molar-refractivity contribution is 0.347. The van der Waals surface area contributed by atoms with Crippen LogP contribution in [0.25, 0.3) is 0 Å². The van der Waals surface area contributed by atoms with E-state index in [4.69, 9.17) is 0 Å². The summed E-state index contributed by atoms with van der Waals surface area (Å²) in [6.07, 6.45) is 0. The molecule has 0 amide bonds. The van der Waals surface area contributed by atoms with Crippen LogP contribution in [-0.4, -0.2) is 31.6 Å². The molecule has 1 aromatic rings. The topological polar surface area (TPSA) is 15.3 Å². The number of benzene rings is 1. The second-order valence-electron chi connectivity index (χ2n) is 3.92. The van der Waals surface area contributed by atoms with Gasteiger partial charge in [-0.3, -0.25) is 0 Å². The smallest absolute Gasteiger partial charge is 0.133 e. The van der Waals surface area contributed by atoms with E-state index in [0.29, 0.717) is 18.7 Å². The van der Waals surface area contributed by atoms with Gasteiger partial charge in [-0.05, 0) is 13.6 Å². The molecule has 0 atom stereocenters. The Balaban J connectivity index is 2.47. The van der Waals surface area contributed by atoms with Crippen LogP contribution in [0.3, 0.4) is 0 Å². The Kier molecular flexibility index (Phi) is 5.44. The number of likely N-dealkylation sites (N-methyl/N-ethyl adjacent to an activating group) is 1. The van der Waals surface area contributed by atoms with Gasteiger partial charge in [-0.15, -0.1) is 0 Å². The molecule has 1 rings (SSSR count). The first-order valence-corrected chi connectivity index (χ1v) is 5.57. The van der Waals surface area contributed by atoms with Crippen LogP contribution in [-0.2, 0) is 6.54 Å². The van der Waals surface area contributed by atoms with Gasteiger partial charge in [0.1, 0.15) is 17.5 Å². The molecule has 0 fully saturated rings. The SMILES string of the molecule is CCN(C)CCNCc1c(F)cc(F)cc1F. The summed E-state index contributed by atoms with van der Waals surface area (Å²) in [6.45, 7) is 4.43. The van der Waals surface area contributed by atoms with E-state index in [1.54, 1.807) is 0 Å². The van der Waals surface area contributed by atoms with Gasteiger partial charge in [0.25, 0.3) is 0 Å². The Hall–Kier alpha value is -1.07. The van der Waals surface area contributed by atoms with Gasteiger partial charge in [0.05, 0.1) is 0 Å². The normalized spacial score (nSPS) is 11.2. The van der Waals surface area contributed by atoms with Crippen molar-refractivity contribution in [1.29, 1.82) is 0 Å². The van der Waals surface area contributed by atoms with Gasteiger partial charge >= 0.3 is 0 Å². The standard InChI is InChI=1S/C12H17F3N2/c1-3-17(2)5-4-16-8-10-11(14)6-9(13)7-12(10)15/h6-7,16H,3-5,8H2,1-2H3. The van der Waals surface area contributed by atoms with Crippen molar-refractivity contribution in [2.24, 2.45) is 0 Å². The number of nitrogens with one attached hydrogen (secondary N) is 1. The highest BCUT2D eigenvalue weighted by Crippen LogP contribution is 2.14. The van der Waals surface area contributed by atoms with Crippen molar-refractivity contribution in [1.82, 2.24) is 10.2 Å². The monoisotopic (exact) mass is 246 g/mol. The van der Waals surface area contributed by atoms with Crippen molar-refractivity contribution in [3.05, 3.63) is 35.1 Å². The van der Waals surface area contributed by atoms with E-state index >= 15 is 0 Å². The molecule has 0 saturated carbocycles. The summed E-state index contributed by atoms with van der Waals surface area (Å²) in [7, 11) is 1.96. The van der Waals surface area contributed by atoms with Crippen LogP contribution in [0.1, 0.15) is 12.5 Å². The maximum Gasteiger partial charge on any atom is 0.133 e. The summed E-state index contributed by atoms with van der Waals surface area (Å²) in [4.78, 5) is 2.07. The molecule has 96 valence electrons. The van der Waals surface area contributed by atoms with Crippen molar-refractivity contribution in [2.45, 2.75) is 13.5 Å². The fraction of sp³-hybridized carbons (Fsp3) is 0.500. The first kappa shape index (κ1) is 14.0. The van der Waals surface area contributed by atoms with E-state index in [1.165, 1.54) is 0 Å². The molecule has 0 heterocycles. The van der Waals surface area contributed by atoms with Gasteiger partial charge in [0.15, 0.2) is 0 Å². The van der Waals surface area contributed by atoms with Crippen LogP contribution in [0.2, 0.25) is 0 Å². The summed E-state index contributed by atoms with van der Waals surface area (Å²) < 4.78 is 39.1. The van der Waals surface area contributed by atoms with Crippen molar-refractivity contribution in [3.8, 4) is 0 Å². The van der Waals surface area contributed by atoms with Crippen LogP contribution >= 0.6 is 0 Å². The maximum absolute atomic E-state index is 13.2. The zero-order chi connectivity index (χ0) is 12.8. The molecular weight excluding hydrogens is 229 g/mol. The predicted octanol–water partition coefficient (Wildman–Crippen LogP) is 2.15. The van der Waals surface area contributed by atoms with Gasteiger partial charge in [0.2, 0.25) is 0 Å². The van der Waals surface area contributed by atoms with E-state index < -0.39 is 17.5 Å². The maximum atomic E-state index is 13.2. The summed E-state index contributed by atoms with van der Waals surface area (Å²) in [5.41, 5.74) is -0.120. The fourth-order valence-corrected chi connectivity index (χ4v) is 1.38. The lowest BCUT2D eigenvalue weighted by atomic mass is 10.2. The van der Waals surface area contributed by atoms with E-state index in [9.17, 15) is 13.2 Å². The minimum absolute atomic E-state index is 0.0650. The van der Waals surface area contributed by atoms with E-state index in [2.05, 4.69) is 10.2 Å². The molecule has 0 aromatic heterocycles. The summed E-state index contributed by atoms with van der Waals surface area (Å²) in [5.74, 6) is -2.59. The lowest BCUT2D eigenvalue weighted by Gasteiger charge is -2.14. The number of hydrogen-bond donors (Lipinski definition) is 1. The van der Waals surface area contributed by atoms with Gasteiger partial charge in [-0.25, -0.2) is 13.2 Å². The molecule has 0 bridgehead atoms. The van der Waals surface area contributed by atoms with E-state index in [1.807, 2.05) is 14.0 Å².